The van der Waals surface area contributed by atoms with Crippen LogP contribution >= 0.6 is 11.8 Å². The molecular formula is C27H32N2OS. The molecule has 162 valence electrons. The highest BCUT2D eigenvalue weighted by Gasteiger charge is 2.38. The summed E-state index contributed by atoms with van der Waals surface area (Å²) < 4.78 is 1.92. The molecule has 0 bridgehead atoms. The van der Waals surface area contributed by atoms with Crippen LogP contribution in [0.25, 0.3) is 11.3 Å². The van der Waals surface area contributed by atoms with Crippen molar-refractivity contribution in [2.75, 3.05) is 5.75 Å². The van der Waals surface area contributed by atoms with Crippen LogP contribution in [0.15, 0.2) is 64.5 Å². The van der Waals surface area contributed by atoms with Crippen LogP contribution in [0, 0.1) is 5.92 Å². The van der Waals surface area contributed by atoms with Gasteiger partial charge in [-0.25, -0.2) is 4.98 Å². The van der Waals surface area contributed by atoms with Gasteiger partial charge in [-0.1, -0.05) is 94.1 Å². The molecule has 1 aliphatic carbocycles. The van der Waals surface area contributed by atoms with Gasteiger partial charge >= 0.3 is 0 Å². The van der Waals surface area contributed by atoms with E-state index in [2.05, 4.69) is 64.1 Å². The van der Waals surface area contributed by atoms with Gasteiger partial charge in [-0.2, -0.15) is 0 Å². The fourth-order valence-corrected chi connectivity index (χ4v) is 5.62. The van der Waals surface area contributed by atoms with E-state index in [9.17, 15) is 4.79 Å². The van der Waals surface area contributed by atoms with E-state index in [0.29, 0.717) is 12.5 Å². The summed E-state index contributed by atoms with van der Waals surface area (Å²) in [5, 5.41) is 0.836. The second-order valence-electron chi connectivity index (χ2n) is 9.27. The van der Waals surface area contributed by atoms with Crippen LogP contribution in [0.5, 0.6) is 0 Å². The number of rotatable bonds is 7. The fraction of sp³-hybridized carbons (Fsp3) is 0.407. The molecule has 2 aromatic carbocycles. The Bertz CT molecular complexity index is 1120. The van der Waals surface area contributed by atoms with Gasteiger partial charge in [0.1, 0.15) is 0 Å². The molecule has 31 heavy (non-hydrogen) atoms. The maximum Gasteiger partial charge on any atom is 0.258 e. The molecule has 1 atom stereocenters. The van der Waals surface area contributed by atoms with E-state index in [1.54, 1.807) is 11.8 Å². The van der Waals surface area contributed by atoms with E-state index in [1.165, 1.54) is 5.56 Å². The Balaban J connectivity index is 1.90. The van der Waals surface area contributed by atoms with Crippen LogP contribution in [0.3, 0.4) is 0 Å². The molecule has 0 spiro atoms. The zero-order chi connectivity index (χ0) is 22.0. The van der Waals surface area contributed by atoms with E-state index in [0.717, 1.165) is 52.6 Å². The molecule has 0 radical (unpaired) electrons. The summed E-state index contributed by atoms with van der Waals surface area (Å²) in [6, 6.07) is 18.7. The Hall–Kier alpha value is -2.33. The quantitative estimate of drug-likeness (QED) is 0.324. The van der Waals surface area contributed by atoms with Crippen LogP contribution in [-0.4, -0.2) is 15.3 Å². The second kappa shape index (κ2) is 9.04. The molecule has 0 N–H and O–H groups in total. The van der Waals surface area contributed by atoms with Crippen molar-refractivity contribution < 1.29 is 0 Å². The SMILES string of the molecule is CC[C@]1(C)Cc2ccccc2-c2nc(SCCC(C)C)n(Cc3ccccc3)c(=O)c21. The van der Waals surface area contributed by atoms with Gasteiger partial charge in [0.2, 0.25) is 0 Å². The summed E-state index contributed by atoms with van der Waals surface area (Å²) in [6.45, 7) is 9.44. The van der Waals surface area contributed by atoms with Gasteiger partial charge < -0.3 is 0 Å². The molecule has 0 unspecified atom stereocenters. The minimum absolute atomic E-state index is 0.125. The summed E-state index contributed by atoms with van der Waals surface area (Å²) >= 11 is 1.72. The zero-order valence-electron chi connectivity index (χ0n) is 19.0. The molecule has 0 saturated heterocycles. The number of fused-ring (bicyclic) bond motifs is 3. The first-order valence-corrected chi connectivity index (χ1v) is 12.3. The van der Waals surface area contributed by atoms with Crippen LogP contribution in [0.1, 0.15) is 57.2 Å². The second-order valence-corrected chi connectivity index (χ2v) is 10.3. The van der Waals surface area contributed by atoms with Crippen LogP contribution in [-0.2, 0) is 18.4 Å². The predicted molar refractivity (Wildman–Crippen MR) is 131 cm³/mol. The first-order valence-electron chi connectivity index (χ1n) is 11.3. The summed E-state index contributed by atoms with van der Waals surface area (Å²) in [5.74, 6) is 1.59. The Morgan fingerprint density at radius 1 is 1.10 bits per heavy atom. The Morgan fingerprint density at radius 3 is 2.52 bits per heavy atom. The lowest BCUT2D eigenvalue weighted by molar-refractivity contribution is 0.430. The molecule has 1 heterocycles. The number of hydrogen-bond acceptors (Lipinski definition) is 3. The molecule has 1 aromatic heterocycles. The van der Waals surface area contributed by atoms with Crippen LogP contribution in [0.2, 0.25) is 0 Å². The third kappa shape index (κ3) is 4.36. The topological polar surface area (TPSA) is 34.9 Å². The van der Waals surface area contributed by atoms with Crippen molar-refractivity contribution in [2.24, 2.45) is 5.92 Å². The van der Waals surface area contributed by atoms with Gasteiger partial charge in [0.25, 0.3) is 5.56 Å². The highest BCUT2D eigenvalue weighted by atomic mass is 32.2. The Morgan fingerprint density at radius 2 is 1.81 bits per heavy atom. The minimum atomic E-state index is -0.201. The zero-order valence-corrected chi connectivity index (χ0v) is 19.8. The first-order chi connectivity index (χ1) is 14.9. The van der Waals surface area contributed by atoms with Crippen molar-refractivity contribution in [2.45, 2.75) is 64.1 Å². The molecule has 4 heteroatoms. The Kier molecular flexibility index (Phi) is 6.38. The average molecular weight is 433 g/mol. The average Bonchev–Trinajstić information content (AvgIpc) is 2.76. The van der Waals surface area contributed by atoms with Crippen molar-refractivity contribution >= 4 is 11.8 Å². The molecule has 0 saturated carbocycles. The number of aromatic nitrogens is 2. The molecule has 3 nitrogen and oxygen atoms in total. The molecule has 1 aliphatic rings. The van der Waals surface area contributed by atoms with Gasteiger partial charge in [-0.15, -0.1) is 0 Å². The molecule has 4 rings (SSSR count). The van der Waals surface area contributed by atoms with Gasteiger partial charge in [-0.3, -0.25) is 9.36 Å². The molecule has 0 fully saturated rings. The number of benzene rings is 2. The standard InChI is InChI=1S/C27H32N2OS/c1-5-27(4)17-21-13-9-10-14-22(21)24-23(27)25(30)29(18-20-11-7-6-8-12-20)26(28-24)31-16-15-19(2)3/h6-14,19H,5,15-18H2,1-4H3/t27-/m1/s1. The van der Waals surface area contributed by atoms with E-state index in [-0.39, 0.29) is 11.0 Å². The highest BCUT2D eigenvalue weighted by molar-refractivity contribution is 7.99. The summed E-state index contributed by atoms with van der Waals surface area (Å²) in [7, 11) is 0. The van der Waals surface area contributed by atoms with E-state index in [4.69, 9.17) is 4.98 Å². The molecule has 0 aliphatic heterocycles. The van der Waals surface area contributed by atoms with Crippen molar-refractivity contribution in [3.8, 4) is 11.3 Å². The van der Waals surface area contributed by atoms with E-state index in [1.807, 2.05) is 22.8 Å². The summed E-state index contributed by atoms with van der Waals surface area (Å²) in [5.41, 5.74) is 5.26. The smallest absolute Gasteiger partial charge is 0.258 e. The lowest BCUT2D eigenvalue weighted by Gasteiger charge is -2.36. The number of hydrogen-bond donors (Lipinski definition) is 0. The largest absolute Gasteiger partial charge is 0.283 e. The van der Waals surface area contributed by atoms with Crippen LogP contribution < -0.4 is 5.56 Å². The third-order valence-electron chi connectivity index (χ3n) is 6.48. The molecular weight excluding hydrogens is 400 g/mol. The van der Waals surface area contributed by atoms with Gasteiger partial charge in [0.15, 0.2) is 5.16 Å². The van der Waals surface area contributed by atoms with Gasteiger partial charge in [0, 0.05) is 16.7 Å². The monoisotopic (exact) mass is 432 g/mol. The minimum Gasteiger partial charge on any atom is -0.283 e. The lowest BCUT2D eigenvalue weighted by Crippen LogP contribution is -2.40. The van der Waals surface area contributed by atoms with Crippen LogP contribution in [0.4, 0.5) is 0 Å². The molecule has 0 amide bonds. The lowest BCUT2D eigenvalue weighted by atomic mass is 9.69. The first kappa shape index (κ1) is 21.9. The highest BCUT2D eigenvalue weighted by Crippen LogP contribution is 2.43. The fourth-order valence-electron chi connectivity index (χ4n) is 4.39. The van der Waals surface area contributed by atoms with E-state index < -0.39 is 0 Å². The summed E-state index contributed by atoms with van der Waals surface area (Å²) in [6.07, 6.45) is 2.90. The Labute approximate surface area is 189 Å². The van der Waals surface area contributed by atoms with E-state index >= 15 is 0 Å². The van der Waals surface area contributed by atoms with Gasteiger partial charge in [-0.05, 0) is 36.3 Å². The third-order valence-corrected chi connectivity index (χ3v) is 7.49. The van der Waals surface area contributed by atoms with Crippen molar-refractivity contribution in [1.82, 2.24) is 9.55 Å². The number of thioether (sulfide) groups is 1. The molecule has 3 aromatic rings. The maximum absolute atomic E-state index is 14.0. The normalized spacial score (nSPS) is 17.5. The van der Waals surface area contributed by atoms with Crippen molar-refractivity contribution in [1.29, 1.82) is 0 Å². The van der Waals surface area contributed by atoms with Crippen molar-refractivity contribution in [3.05, 3.63) is 81.6 Å². The number of nitrogens with zero attached hydrogens (tertiary/aromatic N) is 2. The predicted octanol–water partition coefficient (Wildman–Crippen LogP) is 6.32. The summed E-state index contributed by atoms with van der Waals surface area (Å²) in [4.78, 5) is 19.2. The van der Waals surface area contributed by atoms with Gasteiger partial charge in [0.05, 0.1) is 17.8 Å². The van der Waals surface area contributed by atoms with Crippen molar-refractivity contribution in [3.63, 3.8) is 0 Å². The maximum atomic E-state index is 14.0.